The van der Waals surface area contributed by atoms with Crippen molar-refractivity contribution in [2.75, 3.05) is 39.3 Å². The maximum atomic E-state index is 4.91. The molecule has 0 radical (unpaired) electrons. The van der Waals surface area contributed by atoms with Crippen LogP contribution in [0, 0.1) is 0 Å². The van der Waals surface area contributed by atoms with E-state index in [4.69, 9.17) is 9.52 Å². The van der Waals surface area contributed by atoms with Crippen LogP contribution in [0.1, 0.15) is 24.6 Å². The number of nitrogens with one attached hydrogen (secondary N) is 1. The molecule has 142 valence electrons. The van der Waals surface area contributed by atoms with Crippen molar-refractivity contribution in [3.8, 4) is 0 Å². The summed E-state index contributed by atoms with van der Waals surface area (Å²) in [5, 5.41) is 11.6. The average Bonchev–Trinajstić information content (AvgIpc) is 3.30. The molecule has 0 atom stereocenters. The summed E-state index contributed by atoms with van der Waals surface area (Å²) >= 11 is 0. The fourth-order valence-electron chi connectivity index (χ4n) is 3.16. The van der Waals surface area contributed by atoms with Crippen LogP contribution in [0.5, 0.6) is 0 Å². The van der Waals surface area contributed by atoms with E-state index in [-0.39, 0.29) is 0 Å². The third kappa shape index (κ3) is 5.32. The van der Waals surface area contributed by atoms with E-state index < -0.39 is 0 Å². The molecule has 8 heteroatoms. The van der Waals surface area contributed by atoms with Crippen molar-refractivity contribution >= 4 is 5.96 Å². The van der Waals surface area contributed by atoms with Crippen molar-refractivity contribution in [3.63, 3.8) is 0 Å². The lowest BCUT2D eigenvalue weighted by molar-refractivity contribution is 0.169. The van der Waals surface area contributed by atoms with Crippen molar-refractivity contribution < 1.29 is 4.52 Å². The first kappa shape index (κ1) is 18.4. The number of hydrogen-bond donors (Lipinski definition) is 1. The van der Waals surface area contributed by atoms with Gasteiger partial charge in [-0.1, -0.05) is 5.16 Å². The molecule has 1 aliphatic heterocycles. The summed E-state index contributed by atoms with van der Waals surface area (Å²) in [6.07, 6.45) is 7.69. The highest BCUT2D eigenvalue weighted by molar-refractivity contribution is 5.80. The number of aliphatic imine (C=N–C) groups is 1. The number of hydrogen-bond acceptors (Lipinski definition) is 5. The molecule has 0 amide bonds. The molecule has 1 aliphatic rings. The maximum Gasteiger partial charge on any atom is 0.194 e. The molecule has 1 saturated heterocycles. The molecule has 8 nitrogen and oxygen atoms in total. The first-order valence-electron chi connectivity index (χ1n) is 9.37. The van der Waals surface area contributed by atoms with Crippen LogP contribution in [-0.2, 0) is 20.0 Å². The van der Waals surface area contributed by atoms with E-state index in [0.29, 0.717) is 0 Å². The van der Waals surface area contributed by atoms with E-state index in [9.17, 15) is 0 Å². The second kappa shape index (κ2) is 9.38. The monoisotopic (exact) mass is 359 g/mol. The van der Waals surface area contributed by atoms with Crippen molar-refractivity contribution in [1.29, 1.82) is 0 Å². The molecule has 1 fully saturated rings. The van der Waals surface area contributed by atoms with Gasteiger partial charge in [0.1, 0.15) is 6.26 Å². The summed E-state index contributed by atoms with van der Waals surface area (Å²) in [7, 11) is 1.95. The Kier molecular flexibility index (Phi) is 6.65. The van der Waals surface area contributed by atoms with E-state index >= 15 is 0 Å². The van der Waals surface area contributed by atoms with Gasteiger partial charge in [0, 0.05) is 65.1 Å². The minimum atomic E-state index is 0.830. The predicted molar refractivity (Wildman–Crippen MR) is 101 cm³/mol. The minimum absolute atomic E-state index is 0.830. The van der Waals surface area contributed by atoms with Crippen LogP contribution in [-0.4, -0.2) is 70.0 Å². The molecular weight excluding hydrogens is 330 g/mol. The van der Waals surface area contributed by atoms with Crippen LogP contribution in [0.25, 0.3) is 0 Å². The van der Waals surface area contributed by atoms with Gasteiger partial charge in [-0.2, -0.15) is 5.10 Å². The Morgan fingerprint density at radius 2 is 2.15 bits per heavy atom. The predicted octanol–water partition coefficient (Wildman–Crippen LogP) is 1.12. The van der Waals surface area contributed by atoms with Gasteiger partial charge < -0.3 is 14.7 Å². The fourth-order valence-corrected chi connectivity index (χ4v) is 3.16. The minimum Gasteiger partial charge on any atom is -0.364 e. The average molecular weight is 359 g/mol. The second-order valence-electron chi connectivity index (χ2n) is 6.62. The van der Waals surface area contributed by atoms with Crippen LogP contribution in [0.2, 0.25) is 0 Å². The molecule has 26 heavy (non-hydrogen) atoms. The van der Waals surface area contributed by atoms with Crippen molar-refractivity contribution in [2.24, 2.45) is 12.0 Å². The number of aromatic nitrogens is 3. The highest BCUT2D eigenvalue weighted by atomic mass is 16.5. The van der Waals surface area contributed by atoms with Crippen LogP contribution in [0.3, 0.4) is 0 Å². The molecule has 3 heterocycles. The second-order valence-corrected chi connectivity index (χ2v) is 6.62. The molecule has 0 bridgehead atoms. The molecule has 0 spiro atoms. The normalized spacial score (nSPS) is 16.2. The van der Waals surface area contributed by atoms with Crippen molar-refractivity contribution in [1.82, 2.24) is 30.1 Å². The molecule has 0 aliphatic carbocycles. The third-order valence-corrected chi connectivity index (χ3v) is 4.53. The van der Waals surface area contributed by atoms with Gasteiger partial charge in [0.25, 0.3) is 0 Å². The van der Waals surface area contributed by atoms with Crippen LogP contribution in [0.15, 0.2) is 34.2 Å². The Morgan fingerprint density at radius 3 is 2.81 bits per heavy atom. The molecule has 0 saturated carbocycles. The first-order valence-corrected chi connectivity index (χ1v) is 9.37. The number of rotatable bonds is 7. The number of nitrogens with zero attached hydrogens (tertiary/aromatic N) is 6. The van der Waals surface area contributed by atoms with Gasteiger partial charge in [-0.3, -0.25) is 14.6 Å². The molecular formula is C18H29N7O. The molecule has 1 N–H and O–H groups in total. The topological polar surface area (TPSA) is 74.7 Å². The van der Waals surface area contributed by atoms with Gasteiger partial charge in [-0.05, 0) is 25.3 Å². The maximum absolute atomic E-state index is 4.91. The largest absolute Gasteiger partial charge is 0.364 e. The van der Waals surface area contributed by atoms with E-state index in [1.54, 1.807) is 6.26 Å². The summed E-state index contributed by atoms with van der Waals surface area (Å²) in [5.41, 5.74) is 2.27. The van der Waals surface area contributed by atoms with Gasteiger partial charge in [0.05, 0.1) is 11.9 Å². The third-order valence-electron chi connectivity index (χ3n) is 4.53. The first-order chi connectivity index (χ1) is 12.7. The summed E-state index contributed by atoms with van der Waals surface area (Å²) < 4.78 is 6.76. The van der Waals surface area contributed by atoms with Crippen LogP contribution in [0.4, 0.5) is 0 Å². The number of aryl methyl sites for hydroxylation is 2. The Labute approximate surface area is 154 Å². The van der Waals surface area contributed by atoms with Crippen LogP contribution < -0.4 is 5.32 Å². The number of guanidine groups is 1. The Balaban J connectivity index is 1.44. The fraction of sp³-hybridized carbons (Fsp3) is 0.611. The highest BCUT2D eigenvalue weighted by Crippen LogP contribution is 2.08. The van der Waals surface area contributed by atoms with Crippen molar-refractivity contribution in [3.05, 3.63) is 36.0 Å². The molecule has 0 aromatic carbocycles. The summed E-state index contributed by atoms with van der Waals surface area (Å²) in [6.45, 7) is 8.66. The Bertz CT molecular complexity index is 672. The summed E-state index contributed by atoms with van der Waals surface area (Å²) in [5.74, 6) is 1.03. The number of piperazine rings is 1. The summed E-state index contributed by atoms with van der Waals surface area (Å²) in [6, 6.07) is 1.93. The van der Waals surface area contributed by atoms with Gasteiger partial charge in [0.2, 0.25) is 0 Å². The zero-order chi connectivity index (χ0) is 18.2. The standard InChI is InChI=1S/C18H29N7O/c1-3-19-18(20-7-4-5-16-13-21-23(2)14-16)25-10-8-24(9-11-25)15-17-6-12-26-22-17/h6,12-14H,3-5,7-11,15H2,1-2H3,(H,19,20). The molecule has 0 unspecified atom stereocenters. The van der Waals surface area contributed by atoms with E-state index in [2.05, 4.69) is 38.5 Å². The van der Waals surface area contributed by atoms with E-state index in [0.717, 1.165) is 70.3 Å². The zero-order valence-corrected chi connectivity index (χ0v) is 15.8. The van der Waals surface area contributed by atoms with Gasteiger partial charge >= 0.3 is 0 Å². The van der Waals surface area contributed by atoms with E-state index in [1.165, 1.54) is 5.56 Å². The molecule has 2 aromatic rings. The molecule has 2 aromatic heterocycles. The Hall–Kier alpha value is -2.35. The smallest absolute Gasteiger partial charge is 0.194 e. The van der Waals surface area contributed by atoms with Gasteiger partial charge in [0.15, 0.2) is 5.96 Å². The van der Waals surface area contributed by atoms with Gasteiger partial charge in [-0.25, -0.2) is 0 Å². The lowest BCUT2D eigenvalue weighted by Crippen LogP contribution is -2.52. The lowest BCUT2D eigenvalue weighted by atomic mass is 10.2. The van der Waals surface area contributed by atoms with Crippen LogP contribution >= 0.6 is 0 Å². The SMILES string of the molecule is CCNC(=NCCCc1cnn(C)c1)N1CCN(Cc2ccon2)CC1. The van der Waals surface area contributed by atoms with Gasteiger partial charge in [-0.15, -0.1) is 0 Å². The van der Waals surface area contributed by atoms with Crippen molar-refractivity contribution in [2.45, 2.75) is 26.3 Å². The highest BCUT2D eigenvalue weighted by Gasteiger charge is 2.20. The quantitative estimate of drug-likeness (QED) is 0.454. The van der Waals surface area contributed by atoms with E-state index in [1.807, 2.05) is 24.0 Å². The zero-order valence-electron chi connectivity index (χ0n) is 15.8. The summed E-state index contributed by atoms with van der Waals surface area (Å²) in [4.78, 5) is 9.58. The Morgan fingerprint density at radius 1 is 1.31 bits per heavy atom. The lowest BCUT2D eigenvalue weighted by Gasteiger charge is -2.36. The molecule has 3 rings (SSSR count).